The highest BCUT2D eigenvalue weighted by molar-refractivity contribution is 5.82. The van der Waals surface area contributed by atoms with Crippen LogP contribution < -0.4 is 0 Å². The van der Waals surface area contributed by atoms with Crippen LogP contribution >= 0.6 is 0 Å². The topological polar surface area (TPSA) is 63.9 Å². The van der Waals surface area contributed by atoms with E-state index in [1.807, 2.05) is 54.1 Å². The fourth-order valence-corrected chi connectivity index (χ4v) is 3.13. The Labute approximate surface area is 139 Å². The van der Waals surface area contributed by atoms with Gasteiger partial charge in [-0.1, -0.05) is 30.3 Å². The molecule has 0 saturated heterocycles. The monoisotopic (exact) mass is 319 g/mol. The molecular weight excluding hydrogens is 302 g/mol. The number of aromatic nitrogens is 4. The van der Waals surface area contributed by atoms with Gasteiger partial charge in [-0.3, -0.25) is 14.3 Å². The number of pyridine rings is 1. The quantitative estimate of drug-likeness (QED) is 0.741. The molecule has 0 unspecified atom stereocenters. The van der Waals surface area contributed by atoms with Gasteiger partial charge in [0.25, 0.3) is 0 Å². The van der Waals surface area contributed by atoms with E-state index >= 15 is 0 Å². The smallest absolute Gasteiger partial charge is 0.246 e. The molecule has 6 heteroatoms. The number of benzene rings is 1. The van der Waals surface area contributed by atoms with E-state index in [1.54, 1.807) is 17.3 Å². The molecule has 0 N–H and O–H groups in total. The first kappa shape index (κ1) is 14.6. The zero-order chi connectivity index (χ0) is 16.5. The summed E-state index contributed by atoms with van der Waals surface area (Å²) in [4.78, 5) is 18.6. The van der Waals surface area contributed by atoms with Gasteiger partial charge in [0, 0.05) is 31.4 Å². The molecule has 6 nitrogen and oxygen atoms in total. The molecule has 1 aromatic carbocycles. The van der Waals surface area contributed by atoms with Gasteiger partial charge in [-0.15, -0.1) is 10.2 Å². The minimum absolute atomic E-state index is 0.0847. The molecule has 0 radical (unpaired) electrons. The Kier molecular flexibility index (Phi) is 3.57. The molecule has 0 aliphatic carbocycles. The largest absolute Gasteiger partial charge is 0.336 e. The average Bonchev–Trinajstić information content (AvgIpc) is 3.04. The first-order valence-electron chi connectivity index (χ1n) is 7.87. The van der Waals surface area contributed by atoms with Gasteiger partial charge >= 0.3 is 0 Å². The molecule has 0 saturated carbocycles. The van der Waals surface area contributed by atoms with E-state index in [0.29, 0.717) is 13.0 Å². The third-order valence-corrected chi connectivity index (χ3v) is 4.33. The van der Waals surface area contributed by atoms with Crippen molar-refractivity contribution < 1.29 is 4.79 Å². The summed E-state index contributed by atoms with van der Waals surface area (Å²) >= 11 is 0. The van der Waals surface area contributed by atoms with E-state index in [0.717, 1.165) is 22.8 Å². The van der Waals surface area contributed by atoms with E-state index in [1.165, 1.54) is 0 Å². The Morgan fingerprint density at radius 2 is 1.83 bits per heavy atom. The molecular formula is C18H17N5O. The van der Waals surface area contributed by atoms with E-state index in [-0.39, 0.29) is 11.9 Å². The number of nitrogens with zero attached hydrogens (tertiary/aromatic N) is 5. The van der Waals surface area contributed by atoms with Crippen LogP contribution in [-0.2, 0) is 17.8 Å². The van der Waals surface area contributed by atoms with Crippen LogP contribution in [0.4, 0.5) is 0 Å². The summed E-state index contributed by atoms with van der Waals surface area (Å²) in [5, 5.41) is 8.64. The summed E-state index contributed by atoms with van der Waals surface area (Å²) in [5.41, 5.74) is 2.03. The predicted molar refractivity (Wildman–Crippen MR) is 88.9 cm³/mol. The van der Waals surface area contributed by atoms with Crippen LogP contribution in [0, 0.1) is 0 Å². The number of fused-ring (bicyclic) bond motifs is 1. The van der Waals surface area contributed by atoms with Crippen LogP contribution in [0.15, 0.2) is 54.9 Å². The summed E-state index contributed by atoms with van der Waals surface area (Å²) in [6, 6.07) is 13.5. The van der Waals surface area contributed by atoms with Crippen LogP contribution in [0.3, 0.4) is 0 Å². The maximum Gasteiger partial charge on any atom is 0.246 e. The third kappa shape index (κ3) is 2.46. The number of hydrogen-bond acceptors (Lipinski definition) is 4. The van der Waals surface area contributed by atoms with Crippen LogP contribution in [0.5, 0.6) is 0 Å². The first-order valence-corrected chi connectivity index (χ1v) is 7.87. The van der Waals surface area contributed by atoms with Gasteiger partial charge in [-0.2, -0.15) is 0 Å². The fraction of sp³-hybridized carbons (Fsp3) is 0.222. The predicted octanol–water partition coefficient (Wildman–Crippen LogP) is 2.10. The Hall–Kier alpha value is -3.02. The molecule has 4 rings (SSSR count). The highest BCUT2D eigenvalue weighted by Gasteiger charge is 2.34. The normalized spacial score (nSPS) is 17.0. The Morgan fingerprint density at radius 1 is 1.08 bits per heavy atom. The molecule has 24 heavy (non-hydrogen) atoms. The number of likely N-dealkylation sites (N-methyl/N-ethyl adjacent to an activating group) is 1. The summed E-state index contributed by atoms with van der Waals surface area (Å²) in [6.07, 6.45) is 4.06. The van der Waals surface area contributed by atoms with Crippen molar-refractivity contribution in [1.82, 2.24) is 24.6 Å². The molecule has 120 valence electrons. The second-order valence-corrected chi connectivity index (χ2v) is 5.95. The Bertz CT molecular complexity index is 860. The van der Waals surface area contributed by atoms with Crippen LogP contribution in [0.2, 0.25) is 0 Å². The maximum atomic E-state index is 12.8. The zero-order valence-corrected chi connectivity index (χ0v) is 13.3. The molecule has 2 aromatic heterocycles. The minimum atomic E-state index is -0.334. The van der Waals surface area contributed by atoms with Crippen molar-refractivity contribution in [1.29, 1.82) is 0 Å². The molecule has 0 spiro atoms. The summed E-state index contributed by atoms with van der Waals surface area (Å²) in [6.45, 7) is 0.474. The molecule has 1 aliphatic rings. The standard InChI is InChI=1S/C18H17N5O/c1-22-12-16-20-21-17(14-7-9-19-10-8-14)23(16)15(18(22)24)11-13-5-3-2-4-6-13/h2-10,15H,11-12H2,1H3/t15-/m1/s1. The molecule has 1 amide bonds. The van der Waals surface area contributed by atoms with E-state index in [2.05, 4.69) is 15.2 Å². The fourth-order valence-electron chi connectivity index (χ4n) is 3.13. The van der Waals surface area contributed by atoms with Gasteiger partial charge in [0.05, 0.1) is 6.54 Å². The van der Waals surface area contributed by atoms with Crippen molar-refractivity contribution in [3.05, 3.63) is 66.2 Å². The lowest BCUT2D eigenvalue weighted by atomic mass is 10.0. The van der Waals surface area contributed by atoms with Gasteiger partial charge in [0.2, 0.25) is 5.91 Å². The molecule has 0 fully saturated rings. The van der Waals surface area contributed by atoms with Crippen molar-refractivity contribution in [2.75, 3.05) is 7.05 Å². The lowest BCUT2D eigenvalue weighted by Crippen LogP contribution is -2.41. The average molecular weight is 319 g/mol. The summed E-state index contributed by atoms with van der Waals surface area (Å²) < 4.78 is 1.98. The van der Waals surface area contributed by atoms with E-state index in [4.69, 9.17) is 0 Å². The maximum absolute atomic E-state index is 12.8. The number of carbonyl (C=O) groups excluding carboxylic acids is 1. The molecule has 1 atom stereocenters. The number of carbonyl (C=O) groups is 1. The van der Waals surface area contributed by atoms with E-state index < -0.39 is 0 Å². The van der Waals surface area contributed by atoms with Crippen molar-refractivity contribution in [2.24, 2.45) is 0 Å². The van der Waals surface area contributed by atoms with Gasteiger partial charge < -0.3 is 4.90 Å². The van der Waals surface area contributed by atoms with Crippen molar-refractivity contribution in [2.45, 2.75) is 19.0 Å². The second-order valence-electron chi connectivity index (χ2n) is 5.95. The highest BCUT2D eigenvalue weighted by Crippen LogP contribution is 2.29. The minimum Gasteiger partial charge on any atom is -0.336 e. The third-order valence-electron chi connectivity index (χ3n) is 4.33. The van der Waals surface area contributed by atoms with Crippen LogP contribution in [-0.4, -0.2) is 37.6 Å². The van der Waals surface area contributed by atoms with Crippen LogP contribution in [0.25, 0.3) is 11.4 Å². The van der Waals surface area contributed by atoms with Gasteiger partial charge in [0.1, 0.15) is 6.04 Å². The summed E-state index contributed by atoms with van der Waals surface area (Å²) in [5.74, 6) is 1.61. The molecule has 1 aliphatic heterocycles. The lowest BCUT2D eigenvalue weighted by Gasteiger charge is -2.31. The Balaban J connectivity index is 1.80. The van der Waals surface area contributed by atoms with Crippen molar-refractivity contribution >= 4 is 5.91 Å². The summed E-state index contributed by atoms with van der Waals surface area (Å²) in [7, 11) is 1.81. The first-order chi connectivity index (χ1) is 11.7. The number of amides is 1. The highest BCUT2D eigenvalue weighted by atomic mass is 16.2. The number of hydrogen-bond donors (Lipinski definition) is 0. The van der Waals surface area contributed by atoms with Gasteiger partial charge in [-0.25, -0.2) is 0 Å². The van der Waals surface area contributed by atoms with Crippen molar-refractivity contribution in [3.8, 4) is 11.4 Å². The van der Waals surface area contributed by atoms with Crippen molar-refractivity contribution in [3.63, 3.8) is 0 Å². The van der Waals surface area contributed by atoms with Gasteiger partial charge in [0.15, 0.2) is 11.6 Å². The zero-order valence-electron chi connectivity index (χ0n) is 13.3. The van der Waals surface area contributed by atoms with Gasteiger partial charge in [-0.05, 0) is 17.7 Å². The molecule has 3 aromatic rings. The molecule has 3 heterocycles. The lowest BCUT2D eigenvalue weighted by molar-refractivity contribution is -0.135. The van der Waals surface area contributed by atoms with E-state index in [9.17, 15) is 4.79 Å². The second kappa shape index (κ2) is 5.88. The Morgan fingerprint density at radius 3 is 2.58 bits per heavy atom. The van der Waals surface area contributed by atoms with Crippen LogP contribution in [0.1, 0.15) is 17.4 Å². The molecule has 0 bridgehead atoms. The number of rotatable bonds is 3. The SMILES string of the molecule is CN1Cc2nnc(-c3ccncc3)n2[C@H](Cc2ccccc2)C1=O.